The van der Waals surface area contributed by atoms with E-state index in [0.29, 0.717) is 12.6 Å². The third-order valence-corrected chi connectivity index (χ3v) is 4.85. The molecule has 4 N–H and O–H groups in total. The molecule has 0 spiro atoms. The van der Waals surface area contributed by atoms with Crippen molar-refractivity contribution in [2.24, 2.45) is 11.1 Å². The summed E-state index contributed by atoms with van der Waals surface area (Å²) in [5, 5.41) is 0. The van der Waals surface area contributed by atoms with E-state index in [9.17, 15) is 9.18 Å². The number of hydrogen-bond acceptors (Lipinski definition) is 4. The number of amides is 1. The molecule has 0 radical (unpaired) electrons. The second-order valence-corrected chi connectivity index (χ2v) is 8.07. The second-order valence-electron chi connectivity index (χ2n) is 8.07. The molecular formula is C19H31FN4O. The molecule has 1 amide bonds. The summed E-state index contributed by atoms with van der Waals surface area (Å²) in [6, 6.07) is 6.65. The van der Waals surface area contributed by atoms with Crippen LogP contribution in [0.5, 0.6) is 0 Å². The average Bonchev–Trinajstić information content (AvgIpc) is 3.01. The van der Waals surface area contributed by atoms with Gasteiger partial charge in [0.2, 0.25) is 5.91 Å². The highest BCUT2D eigenvalue weighted by atomic mass is 19.1. The van der Waals surface area contributed by atoms with Crippen molar-refractivity contribution >= 4 is 5.91 Å². The highest BCUT2D eigenvalue weighted by Crippen LogP contribution is 2.25. The summed E-state index contributed by atoms with van der Waals surface area (Å²) in [6.45, 7) is 6.61. The van der Waals surface area contributed by atoms with Gasteiger partial charge in [0.15, 0.2) is 0 Å². The van der Waals surface area contributed by atoms with Crippen LogP contribution in [0.4, 0.5) is 4.39 Å². The van der Waals surface area contributed by atoms with Gasteiger partial charge in [-0.15, -0.1) is 0 Å². The molecule has 1 fully saturated rings. The first-order valence-electron chi connectivity index (χ1n) is 8.95. The summed E-state index contributed by atoms with van der Waals surface area (Å²) in [4.78, 5) is 14.0. The van der Waals surface area contributed by atoms with E-state index >= 15 is 0 Å². The number of nitrogens with zero attached hydrogens (tertiary/aromatic N) is 1. The first kappa shape index (κ1) is 19.8. The lowest BCUT2D eigenvalue weighted by molar-refractivity contribution is -0.133. The Bertz CT molecular complexity index is 587. The van der Waals surface area contributed by atoms with Crippen LogP contribution in [0, 0.1) is 11.2 Å². The van der Waals surface area contributed by atoms with Crippen molar-refractivity contribution in [3.63, 3.8) is 0 Å². The number of carbonyl (C=O) groups is 1. The van der Waals surface area contributed by atoms with E-state index in [0.717, 1.165) is 24.8 Å². The first-order chi connectivity index (χ1) is 11.7. The topological polar surface area (TPSA) is 70.4 Å². The van der Waals surface area contributed by atoms with Crippen molar-refractivity contribution in [1.82, 2.24) is 15.8 Å². The Morgan fingerprint density at radius 3 is 2.76 bits per heavy atom. The van der Waals surface area contributed by atoms with Crippen LogP contribution in [0.15, 0.2) is 24.3 Å². The highest BCUT2D eigenvalue weighted by Gasteiger charge is 2.30. The minimum atomic E-state index is -0.485. The zero-order valence-electron chi connectivity index (χ0n) is 15.7. The summed E-state index contributed by atoms with van der Waals surface area (Å²) in [6.07, 6.45) is 2.75. The zero-order valence-corrected chi connectivity index (χ0v) is 15.7. The SMILES string of the molecule is CN(CCCC1CC(c2cccc(F)c2)NN1)C(=O)[C@@H](N)C(C)(C)C. The molecule has 3 atom stereocenters. The smallest absolute Gasteiger partial charge is 0.239 e. The molecule has 6 heteroatoms. The van der Waals surface area contributed by atoms with Gasteiger partial charge in [-0.25, -0.2) is 4.39 Å². The zero-order chi connectivity index (χ0) is 18.6. The van der Waals surface area contributed by atoms with Crippen molar-refractivity contribution in [1.29, 1.82) is 0 Å². The fourth-order valence-corrected chi connectivity index (χ4v) is 3.05. The minimum absolute atomic E-state index is 0.0114. The molecule has 1 aliphatic rings. The number of hydrogen-bond donors (Lipinski definition) is 3. The van der Waals surface area contributed by atoms with E-state index in [-0.39, 0.29) is 23.2 Å². The molecule has 1 aromatic rings. The van der Waals surface area contributed by atoms with Gasteiger partial charge in [0.1, 0.15) is 5.82 Å². The maximum absolute atomic E-state index is 13.3. The molecule has 25 heavy (non-hydrogen) atoms. The molecule has 140 valence electrons. The Hall–Kier alpha value is -1.50. The van der Waals surface area contributed by atoms with Gasteiger partial charge in [0.25, 0.3) is 0 Å². The highest BCUT2D eigenvalue weighted by molar-refractivity contribution is 5.82. The van der Waals surface area contributed by atoms with Crippen molar-refractivity contribution in [3.8, 4) is 0 Å². The van der Waals surface area contributed by atoms with Gasteiger partial charge < -0.3 is 10.6 Å². The van der Waals surface area contributed by atoms with Gasteiger partial charge in [-0.3, -0.25) is 15.6 Å². The largest absolute Gasteiger partial charge is 0.344 e. The van der Waals surface area contributed by atoms with Crippen LogP contribution >= 0.6 is 0 Å². The van der Waals surface area contributed by atoms with Crippen LogP contribution in [0.2, 0.25) is 0 Å². The third-order valence-electron chi connectivity index (χ3n) is 4.85. The summed E-state index contributed by atoms with van der Waals surface area (Å²) in [5.74, 6) is -0.222. The molecule has 1 aromatic carbocycles. The summed E-state index contributed by atoms with van der Waals surface area (Å²) >= 11 is 0. The number of rotatable bonds is 6. The number of nitrogens with one attached hydrogen (secondary N) is 2. The van der Waals surface area contributed by atoms with Crippen LogP contribution in [0.25, 0.3) is 0 Å². The Kier molecular flexibility index (Phi) is 6.54. The van der Waals surface area contributed by atoms with Gasteiger partial charge >= 0.3 is 0 Å². The molecule has 1 aliphatic heterocycles. The Morgan fingerprint density at radius 1 is 1.40 bits per heavy atom. The number of carbonyl (C=O) groups excluding carboxylic acids is 1. The predicted molar refractivity (Wildman–Crippen MR) is 98.1 cm³/mol. The fraction of sp³-hybridized carbons (Fsp3) is 0.632. The summed E-state index contributed by atoms with van der Waals surface area (Å²) in [7, 11) is 1.81. The third kappa shape index (κ3) is 5.49. The molecular weight excluding hydrogens is 319 g/mol. The van der Waals surface area contributed by atoms with Gasteiger partial charge in [-0.05, 0) is 42.4 Å². The number of halogens is 1. The van der Waals surface area contributed by atoms with Crippen LogP contribution < -0.4 is 16.6 Å². The number of nitrogens with two attached hydrogens (primary N) is 1. The van der Waals surface area contributed by atoms with Crippen molar-refractivity contribution in [3.05, 3.63) is 35.6 Å². The van der Waals surface area contributed by atoms with Crippen LogP contribution in [-0.4, -0.2) is 36.5 Å². The lowest BCUT2D eigenvalue weighted by Crippen LogP contribution is -2.49. The van der Waals surface area contributed by atoms with Gasteiger partial charge in [0.05, 0.1) is 6.04 Å². The molecule has 0 aliphatic carbocycles. The molecule has 0 saturated carbocycles. The monoisotopic (exact) mass is 350 g/mol. The second kappa shape index (κ2) is 8.25. The first-order valence-corrected chi connectivity index (χ1v) is 8.95. The quantitative estimate of drug-likeness (QED) is 0.736. The molecule has 2 unspecified atom stereocenters. The molecule has 1 heterocycles. The summed E-state index contributed by atoms with van der Waals surface area (Å²) < 4.78 is 13.3. The summed E-state index contributed by atoms with van der Waals surface area (Å²) in [5.41, 5.74) is 13.3. The normalized spacial score (nSPS) is 22.0. The van der Waals surface area contributed by atoms with E-state index in [2.05, 4.69) is 10.9 Å². The molecule has 5 nitrogen and oxygen atoms in total. The lowest BCUT2D eigenvalue weighted by atomic mass is 9.86. The standard InChI is InChI=1S/C19H31FN4O/c1-19(2,3)17(21)18(25)24(4)10-6-9-15-12-16(23-22-15)13-7-5-8-14(20)11-13/h5,7-8,11,15-17,22-23H,6,9-10,12,21H2,1-4H3/t15?,16?,17-/m1/s1. The fourth-order valence-electron chi connectivity index (χ4n) is 3.05. The van der Waals surface area contributed by atoms with E-state index in [1.165, 1.54) is 6.07 Å². The maximum Gasteiger partial charge on any atom is 0.239 e. The van der Waals surface area contributed by atoms with E-state index in [1.807, 2.05) is 33.9 Å². The van der Waals surface area contributed by atoms with Crippen molar-refractivity contribution in [2.45, 2.75) is 58.2 Å². The number of benzene rings is 1. The molecule has 0 bridgehead atoms. The predicted octanol–water partition coefficient (Wildman–Crippen LogP) is 2.35. The van der Waals surface area contributed by atoms with Crippen molar-refractivity contribution < 1.29 is 9.18 Å². The Labute approximate surface area is 150 Å². The average molecular weight is 350 g/mol. The van der Waals surface area contributed by atoms with Crippen LogP contribution in [-0.2, 0) is 4.79 Å². The molecule has 0 aromatic heterocycles. The van der Waals surface area contributed by atoms with Gasteiger partial charge in [0, 0.05) is 25.7 Å². The number of hydrazine groups is 1. The number of likely N-dealkylation sites (N-methyl/N-ethyl adjacent to an activating group) is 1. The van der Waals surface area contributed by atoms with Gasteiger partial charge in [-0.2, -0.15) is 0 Å². The molecule has 1 saturated heterocycles. The van der Waals surface area contributed by atoms with Crippen molar-refractivity contribution in [2.75, 3.05) is 13.6 Å². The Balaban J connectivity index is 1.75. The minimum Gasteiger partial charge on any atom is -0.344 e. The Morgan fingerprint density at radius 2 is 2.12 bits per heavy atom. The van der Waals surface area contributed by atoms with E-state index in [4.69, 9.17) is 5.73 Å². The maximum atomic E-state index is 13.3. The lowest BCUT2D eigenvalue weighted by Gasteiger charge is -2.30. The van der Waals surface area contributed by atoms with E-state index in [1.54, 1.807) is 17.0 Å². The van der Waals surface area contributed by atoms with Gasteiger partial charge in [-0.1, -0.05) is 32.9 Å². The van der Waals surface area contributed by atoms with Crippen LogP contribution in [0.3, 0.4) is 0 Å². The van der Waals surface area contributed by atoms with Crippen LogP contribution in [0.1, 0.15) is 51.6 Å². The molecule has 2 rings (SSSR count). The van der Waals surface area contributed by atoms with E-state index < -0.39 is 6.04 Å².